The molecule has 4 nitrogen and oxygen atoms in total. The molecule has 3 aromatic carbocycles. The van der Waals surface area contributed by atoms with Crippen LogP contribution < -0.4 is 4.57 Å². The number of aromatic nitrogens is 3. The zero-order valence-electron chi connectivity index (χ0n) is 27.0. The Kier molecular flexibility index (Phi) is 7.19. The summed E-state index contributed by atoms with van der Waals surface area (Å²) in [5, 5.41) is 2.41. The first-order valence-corrected chi connectivity index (χ1v) is 16.5. The summed E-state index contributed by atoms with van der Waals surface area (Å²) in [6, 6.07) is 27.4. The van der Waals surface area contributed by atoms with E-state index in [1.807, 2.05) is 6.20 Å². The number of rotatable bonds is 9. The first kappa shape index (κ1) is 28.6. The molecule has 3 atom stereocenters. The molecule has 4 heteroatoms. The molecule has 4 heterocycles. The minimum atomic E-state index is 0.0118. The zero-order chi connectivity index (χ0) is 30.6. The Labute approximate surface area is 261 Å². The topological polar surface area (TPSA) is 34.8 Å². The highest BCUT2D eigenvalue weighted by atomic mass is 16.3. The van der Waals surface area contributed by atoms with Crippen molar-refractivity contribution < 1.29 is 8.98 Å². The van der Waals surface area contributed by atoms with Crippen LogP contribution in [0.3, 0.4) is 0 Å². The molecule has 44 heavy (non-hydrogen) atoms. The van der Waals surface area contributed by atoms with Crippen LogP contribution in [0.4, 0.5) is 0 Å². The molecule has 0 saturated carbocycles. The normalized spacial score (nSPS) is 16.4. The van der Waals surface area contributed by atoms with Gasteiger partial charge in [-0.3, -0.25) is 0 Å². The molecule has 0 amide bonds. The van der Waals surface area contributed by atoms with Crippen LogP contribution >= 0.6 is 0 Å². The van der Waals surface area contributed by atoms with Crippen LogP contribution in [0.1, 0.15) is 89.1 Å². The molecular weight excluding hydrogens is 538 g/mol. The van der Waals surface area contributed by atoms with E-state index in [1.54, 1.807) is 0 Å². The van der Waals surface area contributed by atoms with Gasteiger partial charge >= 0.3 is 0 Å². The van der Waals surface area contributed by atoms with E-state index in [0.717, 1.165) is 42.7 Å². The summed E-state index contributed by atoms with van der Waals surface area (Å²) < 4.78 is 11.5. The lowest BCUT2D eigenvalue weighted by Gasteiger charge is -2.41. The van der Waals surface area contributed by atoms with E-state index in [-0.39, 0.29) is 11.5 Å². The maximum atomic E-state index is 6.69. The standard InChI is InChI=1S/C40H44N3O/c1-7-28(6)40(8-2,33-17-10-9-15-31(33)39-41-23-25-42(39)26(3)4)22-21-34-32-20-19-30-29-16-13-14-27(5)37(29)44-38(30)36(32)35-18-11-12-24-43(34)35/h9-20,23-26,28,34H,7-8,21-22H2,1-6H3/q+1. The summed E-state index contributed by atoms with van der Waals surface area (Å²) in [5.74, 6) is 1.59. The van der Waals surface area contributed by atoms with Gasteiger partial charge in [0.15, 0.2) is 12.2 Å². The number of aryl methyl sites for hydroxylation is 1. The maximum Gasteiger partial charge on any atom is 0.217 e. The second-order valence-corrected chi connectivity index (χ2v) is 13.1. The van der Waals surface area contributed by atoms with Gasteiger partial charge in [0, 0.05) is 58.9 Å². The van der Waals surface area contributed by atoms with Crippen molar-refractivity contribution in [3.8, 4) is 22.6 Å². The SMILES string of the molecule is CCC(C)C(CC)(CCC1c2ccc3c(oc4c(C)cccc43)c2-c2cccc[n+]21)c1ccccc1-c1nccn1C(C)C. The minimum Gasteiger partial charge on any atom is -0.455 e. The number of fused-ring (bicyclic) bond motifs is 7. The lowest BCUT2D eigenvalue weighted by Crippen LogP contribution is -2.40. The lowest BCUT2D eigenvalue weighted by atomic mass is 9.63. The fourth-order valence-electron chi connectivity index (χ4n) is 8.14. The van der Waals surface area contributed by atoms with Crippen molar-refractivity contribution in [2.45, 2.75) is 84.7 Å². The highest BCUT2D eigenvalue weighted by Gasteiger charge is 2.43. The van der Waals surface area contributed by atoms with Crippen molar-refractivity contribution in [2.75, 3.05) is 0 Å². The van der Waals surface area contributed by atoms with E-state index in [9.17, 15) is 0 Å². The average molecular weight is 583 g/mol. The van der Waals surface area contributed by atoms with Crippen molar-refractivity contribution in [2.24, 2.45) is 5.92 Å². The van der Waals surface area contributed by atoms with Gasteiger partial charge < -0.3 is 8.98 Å². The molecule has 0 saturated heterocycles. The lowest BCUT2D eigenvalue weighted by molar-refractivity contribution is -0.698. The van der Waals surface area contributed by atoms with Crippen molar-refractivity contribution in [3.05, 3.63) is 108 Å². The quantitative estimate of drug-likeness (QED) is 0.159. The van der Waals surface area contributed by atoms with Crippen molar-refractivity contribution in [1.29, 1.82) is 0 Å². The summed E-state index contributed by atoms with van der Waals surface area (Å²) in [6.07, 6.45) is 10.7. The highest BCUT2D eigenvalue weighted by Crippen LogP contribution is 2.49. The van der Waals surface area contributed by atoms with Crippen LogP contribution in [0.25, 0.3) is 44.6 Å². The molecule has 7 rings (SSSR count). The molecule has 1 aliphatic rings. The highest BCUT2D eigenvalue weighted by molar-refractivity contribution is 6.10. The van der Waals surface area contributed by atoms with E-state index < -0.39 is 0 Å². The average Bonchev–Trinajstić information content (AvgIpc) is 3.77. The predicted octanol–water partition coefficient (Wildman–Crippen LogP) is 10.4. The molecule has 3 unspecified atom stereocenters. The first-order valence-electron chi connectivity index (χ1n) is 16.5. The Balaban J connectivity index is 1.35. The predicted molar refractivity (Wildman–Crippen MR) is 181 cm³/mol. The summed E-state index contributed by atoms with van der Waals surface area (Å²) in [5.41, 5.74) is 9.80. The smallest absolute Gasteiger partial charge is 0.217 e. The van der Waals surface area contributed by atoms with E-state index in [1.165, 1.54) is 44.3 Å². The molecule has 0 spiro atoms. The van der Waals surface area contributed by atoms with Crippen molar-refractivity contribution in [3.63, 3.8) is 0 Å². The Morgan fingerprint density at radius 2 is 1.70 bits per heavy atom. The third-order valence-corrected chi connectivity index (χ3v) is 10.7. The molecule has 0 bridgehead atoms. The Morgan fingerprint density at radius 1 is 0.909 bits per heavy atom. The monoisotopic (exact) mass is 582 g/mol. The number of imidazole rings is 1. The van der Waals surface area contributed by atoms with Crippen LogP contribution in [0.2, 0.25) is 0 Å². The van der Waals surface area contributed by atoms with Crippen LogP contribution in [0, 0.1) is 12.8 Å². The van der Waals surface area contributed by atoms with Crippen molar-refractivity contribution in [1.82, 2.24) is 9.55 Å². The number of nitrogens with zero attached hydrogens (tertiary/aromatic N) is 3. The van der Waals surface area contributed by atoms with E-state index >= 15 is 0 Å². The molecule has 0 radical (unpaired) electrons. The van der Waals surface area contributed by atoms with E-state index in [4.69, 9.17) is 9.40 Å². The fourth-order valence-corrected chi connectivity index (χ4v) is 8.14. The first-order chi connectivity index (χ1) is 21.4. The van der Waals surface area contributed by atoms with Gasteiger partial charge in [-0.05, 0) is 68.2 Å². The van der Waals surface area contributed by atoms with Gasteiger partial charge in [-0.15, -0.1) is 0 Å². The fraction of sp³-hybridized carbons (Fsp3) is 0.350. The molecule has 224 valence electrons. The number of furan rings is 1. The summed E-state index contributed by atoms with van der Waals surface area (Å²) in [4.78, 5) is 4.90. The number of hydrogen-bond donors (Lipinski definition) is 0. The molecule has 0 aliphatic carbocycles. The van der Waals surface area contributed by atoms with E-state index in [2.05, 4.69) is 136 Å². The van der Waals surface area contributed by atoms with Gasteiger partial charge in [0.1, 0.15) is 17.0 Å². The van der Waals surface area contributed by atoms with Gasteiger partial charge in [-0.25, -0.2) is 4.98 Å². The minimum absolute atomic E-state index is 0.0118. The van der Waals surface area contributed by atoms with E-state index in [0.29, 0.717) is 12.0 Å². The van der Waals surface area contributed by atoms with Crippen LogP contribution in [-0.2, 0) is 5.41 Å². The Bertz CT molecular complexity index is 1980. The molecule has 0 N–H and O–H groups in total. The number of pyridine rings is 1. The largest absolute Gasteiger partial charge is 0.455 e. The molecule has 3 aromatic heterocycles. The van der Waals surface area contributed by atoms with Gasteiger partial charge in [-0.1, -0.05) is 75.7 Å². The zero-order valence-corrected chi connectivity index (χ0v) is 27.0. The van der Waals surface area contributed by atoms with Crippen LogP contribution in [0.15, 0.2) is 95.8 Å². The van der Waals surface area contributed by atoms with Crippen molar-refractivity contribution >= 4 is 21.9 Å². The molecule has 6 aromatic rings. The number of para-hydroxylation sites is 1. The van der Waals surface area contributed by atoms with Crippen LogP contribution in [0.5, 0.6) is 0 Å². The second kappa shape index (κ2) is 11.1. The molecule has 0 fully saturated rings. The van der Waals surface area contributed by atoms with Gasteiger partial charge in [0.25, 0.3) is 0 Å². The van der Waals surface area contributed by atoms with Crippen LogP contribution in [-0.4, -0.2) is 9.55 Å². The third-order valence-electron chi connectivity index (χ3n) is 10.7. The second-order valence-electron chi connectivity index (χ2n) is 13.1. The summed E-state index contributed by atoms with van der Waals surface area (Å²) in [7, 11) is 0. The summed E-state index contributed by atoms with van der Waals surface area (Å²) in [6.45, 7) is 13.8. The van der Waals surface area contributed by atoms with Gasteiger partial charge in [-0.2, -0.15) is 4.57 Å². The summed E-state index contributed by atoms with van der Waals surface area (Å²) >= 11 is 0. The number of hydrogen-bond acceptors (Lipinski definition) is 2. The van der Waals surface area contributed by atoms with Gasteiger partial charge in [0.05, 0.1) is 5.56 Å². The Morgan fingerprint density at radius 3 is 2.50 bits per heavy atom. The number of benzene rings is 3. The third kappa shape index (κ3) is 4.25. The maximum absolute atomic E-state index is 6.69. The molecule has 1 aliphatic heterocycles. The Hall–Kier alpha value is -4.18. The molecular formula is C40H44N3O+. The van der Waals surface area contributed by atoms with Gasteiger partial charge in [0.2, 0.25) is 5.69 Å².